The summed E-state index contributed by atoms with van der Waals surface area (Å²) in [5, 5.41) is 0.706. The summed E-state index contributed by atoms with van der Waals surface area (Å²) in [5.41, 5.74) is 7.12. The highest BCUT2D eigenvalue weighted by Gasteiger charge is 2.42. The highest BCUT2D eigenvalue weighted by atomic mass is 35.5. The maximum Gasteiger partial charge on any atom is 0.227 e. The number of hydrogen-bond acceptors (Lipinski definition) is 2. The minimum Gasteiger partial charge on any atom is -0.342 e. The molecule has 0 spiro atoms. The number of nitrogens with zero attached hydrogens (tertiary/aromatic N) is 1. The third-order valence-electron chi connectivity index (χ3n) is 4.53. The molecule has 20 heavy (non-hydrogen) atoms. The molecule has 5 heteroatoms. The van der Waals surface area contributed by atoms with Crippen molar-refractivity contribution in [2.75, 3.05) is 13.1 Å². The lowest BCUT2D eigenvalue weighted by atomic mass is 9.98. The van der Waals surface area contributed by atoms with Gasteiger partial charge in [-0.15, -0.1) is 12.4 Å². The van der Waals surface area contributed by atoms with E-state index in [1.54, 1.807) is 0 Å². The summed E-state index contributed by atoms with van der Waals surface area (Å²) >= 11 is 5.85. The molecule has 3 atom stereocenters. The van der Waals surface area contributed by atoms with Crippen molar-refractivity contribution in [2.45, 2.75) is 25.3 Å². The fourth-order valence-corrected chi connectivity index (χ4v) is 3.53. The molecule has 2 aliphatic rings. The number of rotatable bonds is 2. The van der Waals surface area contributed by atoms with E-state index >= 15 is 0 Å². The Morgan fingerprint density at radius 3 is 2.60 bits per heavy atom. The van der Waals surface area contributed by atoms with Crippen molar-refractivity contribution < 1.29 is 4.79 Å². The van der Waals surface area contributed by atoms with Crippen LogP contribution in [0, 0.1) is 11.8 Å². The van der Waals surface area contributed by atoms with Crippen molar-refractivity contribution in [3.05, 3.63) is 34.9 Å². The molecule has 0 aromatic heterocycles. The highest BCUT2D eigenvalue weighted by molar-refractivity contribution is 6.30. The van der Waals surface area contributed by atoms with Gasteiger partial charge in [-0.05, 0) is 42.4 Å². The highest BCUT2D eigenvalue weighted by Crippen LogP contribution is 2.37. The smallest absolute Gasteiger partial charge is 0.227 e. The molecule has 1 aliphatic heterocycles. The van der Waals surface area contributed by atoms with Gasteiger partial charge >= 0.3 is 0 Å². The fraction of sp³-hybridized carbons (Fsp3) is 0.533. The summed E-state index contributed by atoms with van der Waals surface area (Å²) in [6.07, 6.45) is 2.76. The van der Waals surface area contributed by atoms with Gasteiger partial charge in [0.1, 0.15) is 0 Å². The first-order valence-electron chi connectivity index (χ1n) is 6.91. The molecule has 0 radical (unpaired) electrons. The minimum atomic E-state index is 0. The first kappa shape index (κ1) is 15.6. The Kier molecular flexibility index (Phi) is 4.95. The maximum absolute atomic E-state index is 12.3. The number of halogens is 2. The van der Waals surface area contributed by atoms with E-state index in [1.807, 2.05) is 29.2 Å². The standard InChI is InChI=1S/C15H19ClN2O.ClH/c16-12-4-1-10(2-5-12)7-15(19)18-8-11-3-6-14(17)13(11)9-18;/h1-2,4-5,11,13-14H,3,6-9,17H2;1H. The SMILES string of the molecule is Cl.NC1CCC2CN(C(=O)Cc3ccc(Cl)cc3)CC12. The van der Waals surface area contributed by atoms with Crippen molar-refractivity contribution in [3.63, 3.8) is 0 Å². The van der Waals surface area contributed by atoms with E-state index in [-0.39, 0.29) is 18.3 Å². The van der Waals surface area contributed by atoms with Crippen LogP contribution in [0.1, 0.15) is 18.4 Å². The number of hydrogen-bond donors (Lipinski definition) is 1. The molecule has 1 aliphatic carbocycles. The van der Waals surface area contributed by atoms with E-state index in [0.29, 0.717) is 29.3 Å². The van der Waals surface area contributed by atoms with Gasteiger partial charge in [0.05, 0.1) is 6.42 Å². The van der Waals surface area contributed by atoms with Crippen LogP contribution < -0.4 is 5.73 Å². The molecule has 1 heterocycles. The van der Waals surface area contributed by atoms with E-state index in [9.17, 15) is 4.79 Å². The van der Waals surface area contributed by atoms with Gasteiger partial charge in [-0.1, -0.05) is 23.7 Å². The average Bonchev–Trinajstić information content (AvgIpc) is 2.95. The number of carbonyl (C=O) groups is 1. The van der Waals surface area contributed by atoms with Crippen molar-refractivity contribution in [1.82, 2.24) is 4.90 Å². The van der Waals surface area contributed by atoms with Crippen molar-refractivity contribution in [3.8, 4) is 0 Å². The topological polar surface area (TPSA) is 46.3 Å². The molecule has 1 amide bonds. The molecular weight excluding hydrogens is 295 g/mol. The number of benzene rings is 1. The maximum atomic E-state index is 12.3. The molecule has 0 bridgehead atoms. The average molecular weight is 315 g/mol. The summed E-state index contributed by atoms with van der Waals surface area (Å²) in [6.45, 7) is 1.74. The molecule has 1 aromatic rings. The fourth-order valence-electron chi connectivity index (χ4n) is 3.40. The molecule has 1 aromatic carbocycles. The second-order valence-electron chi connectivity index (χ2n) is 5.77. The predicted octanol–water partition coefficient (Wildman–Crippen LogP) is 2.50. The van der Waals surface area contributed by atoms with Crippen LogP contribution in [0.4, 0.5) is 0 Å². The molecule has 1 saturated heterocycles. The quantitative estimate of drug-likeness (QED) is 0.911. The van der Waals surface area contributed by atoms with E-state index in [2.05, 4.69) is 0 Å². The first-order chi connectivity index (χ1) is 9.13. The number of carbonyl (C=O) groups excluding carboxylic acids is 1. The van der Waals surface area contributed by atoms with Crippen LogP contribution in [0.2, 0.25) is 5.02 Å². The lowest BCUT2D eigenvalue weighted by Crippen LogP contribution is -2.34. The number of likely N-dealkylation sites (tertiary alicyclic amines) is 1. The summed E-state index contributed by atoms with van der Waals surface area (Å²) in [6, 6.07) is 7.79. The largest absolute Gasteiger partial charge is 0.342 e. The lowest BCUT2D eigenvalue weighted by Gasteiger charge is -2.18. The van der Waals surface area contributed by atoms with Crippen LogP contribution in [0.25, 0.3) is 0 Å². The van der Waals surface area contributed by atoms with Crippen LogP contribution in [0.3, 0.4) is 0 Å². The van der Waals surface area contributed by atoms with Gasteiger partial charge in [0.25, 0.3) is 0 Å². The monoisotopic (exact) mass is 314 g/mol. The van der Waals surface area contributed by atoms with Gasteiger partial charge in [0.2, 0.25) is 5.91 Å². The van der Waals surface area contributed by atoms with E-state index in [1.165, 1.54) is 6.42 Å². The zero-order valence-electron chi connectivity index (χ0n) is 11.3. The summed E-state index contributed by atoms with van der Waals surface area (Å²) < 4.78 is 0. The Bertz CT molecular complexity index is 477. The molecule has 2 N–H and O–H groups in total. The molecule has 3 unspecified atom stereocenters. The van der Waals surface area contributed by atoms with Crippen LogP contribution in [-0.2, 0) is 11.2 Å². The zero-order chi connectivity index (χ0) is 13.4. The number of amides is 1. The van der Waals surface area contributed by atoms with Crippen molar-refractivity contribution in [2.24, 2.45) is 17.6 Å². The summed E-state index contributed by atoms with van der Waals surface area (Å²) in [7, 11) is 0. The zero-order valence-corrected chi connectivity index (χ0v) is 12.9. The first-order valence-corrected chi connectivity index (χ1v) is 7.29. The third kappa shape index (κ3) is 3.11. The van der Waals surface area contributed by atoms with Crippen molar-refractivity contribution >= 4 is 29.9 Å². The Labute approximate surface area is 130 Å². The van der Waals surface area contributed by atoms with Gasteiger partial charge in [-0.3, -0.25) is 4.79 Å². The second-order valence-corrected chi connectivity index (χ2v) is 6.20. The predicted molar refractivity (Wildman–Crippen MR) is 83.2 cm³/mol. The number of fused-ring (bicyclic) bond motifs is 1. The molecule has 3 nitrogen and oxygen atoms in total. The van der Waals surface area contributed by atoms with Gasteiger partial charge in [-0.2, -0.15) is 0 Å². The van der Waals surface area contributed by atoms with Crippen LogP contribution in [-0.4, -0.2) is 29.9 Å². The molecule has 1 saturated carbocycles. The Morgan fingerprint density at radius 1 is 1.25 bits per heavy atom. The van der Waals surface area contributed by atoms with E-state index < -0.39 is 0 Å². The lowest BCUT2D eigenvalue weighted by molar-refractivity contribution is -0.129. The minimum absolute atomic E-state index is 0. The molecule has 3 rings (SSSR count). The van der Waals surface area contributed by atoms with Gasteiger partial charge in [0.15, 0.2) is 0 Å². The van der Waals surface area contributed by atoms with Gasteiger partial charge in [-0.25, -0.2) is 0 Å². The number of nitrogens with two attached hydrogens (primary N) is 1. The summed E-state index contributed by atoms with van der Waals surface area (Å²) in [5.74, 6) is 1.36. The van der Waals surface area contributed by atoms with Gasteiger partial charge in [0, 0.05) is 24.2 Å². The van der Waals surface area contributed by atoms with Crippen molar-refractivity contribution in [1.29, 1.82) is 0 Å². The third-order valence-corrected chi connectivity index (χ3v) is 4.79. The molecule has 2 fully saturated rings. The van der Waals surface area contributed by atoms with Crippen LogP contribution >= 0.6 is 24.0 Å². The van der Waals surface area contributed by atoms with Crippen LogP contribution in [0.5, 0.6) is 0 Å². The molecular formula is C15H20Cl2N2O. The Hall–Kier alpha value is -0.770. The Balaban J connectivity index is 0.00000147. The van der Waals surface area contributed by atoms with E-state index in [4.69, 9.17) is 17.3 Å². The normalized spacial score (nSPS) is 28.1. The van der Waals surface area contributed by atoms with E-state index in [0.717, 1.165) is 25.1 Å². The Morgan fingerprint density at radius 2 is 1.95 bits per heavy atom. The van der Waals surface area contributed by atoms with Gasteiger partial charge < -0.3 is 10.6 Å². The van der Waals surface area contributed by atoms with Crippen LogP contribution in [0.15, 0.2) is 24.3 Å². The molecule has 110 valence electrons. The second kappa shape index (κ2) is 6.33. The summed E-state index contributed by atoms with van der Waals surface area (Å²) in [4.78, 5) is 14.3.